The predicted molar refractivity (Wildman–Crippen MR) is 75.6 cm³/mol. The van der Waals surface area contributed by atoms with Gasteiger partial charge in [-0.3, -0.25) is 9.59 Å². The third kappa shape index (κ3) is 3.74. The van der Waals surface area contributed by atoms with E-state index in [2.05, 4.69) is 5.32 Å². The van der Waals surface area contributed by atoms with Gasteiger partial charge in [0.25, 0.3) is 0 Å². The Kier molecular flexibility index (Phi) is 4.84. The zero-order chi connectivity index (χ0) is 15.5. The van der Waals surface area contributed by atoms with Gasteiger partial charge in [0, 0.05) is 4.90 Å². The molecule has 114 valence electrons. The van der Waals surface area contributed by atoms with Gasteiger partial charge >= 0.3 is 5.97 Å². The van der Waals surface area contributed by atoms with Gasteiger partial charge in [0.15, 0.2) is 0 Å². The molecule has 0 aromatic heterocycles. The number of carboxylic acid groups (broad SMARTS) is 1. The third-order valence-electron chi connectivity index (χ3n) is 3.46. The van der Waals surface area contributed by atoms with Gasteiger partial charge in [-0.1, -0.05) is 0 Å². The second-order valence-electron chi connectivity index (χ2n) is 5.10. The van der Waals surface area contributed by atoms with E-state index in [0.29, 0.717) is 0 Å². The maximum atomic E-state index is 12.8. The molecule has 2 rings (SSSR count). The lowest BCUT2D eigenvalue weighted by Gasteiger charge is -2.25. The number of aliphatic carboxylic acids is 1. The first kappa shape index (κ1) is 15.8. The SMILES string of the molecule is CC1(C(=O)O)COCC1NC(=O)CSc1ccc(F)cc1. The minimum atomic E-state index is -1.10. The Morgan fingerprint density at radius 2 is 2.14 bits per heavy atom. The van der Waals surface area contributed by atoms with Crippen LogP contribution in [0.25, 0.3) is 0 Å². The summed E-state index contributed by atoms with van der Waals surface area (Å²) < 4.78 is 17.9. The molecular weight excluding hydrogens is 297 g/mol. The van der Waals surface area contributed by atoms with Crippen molar-refractivity contribution in [3.8, 4) is 0 Å². The Balaban J connectivity index is 1.87. The van der Waals surface area contributed by atoms with E-state index >= 15 is 0 Å². The third-order valence-corrected chi connectivity index (χ3v) is 4.47. The lowest BCUT2D eigenvalue weighted by atomic mass is 9.85. The van der Waals surface area contributed by atoms with Gasteiger partial charge in [-0.15, -0.1) is 11.8 Å². The van der Waals surface area contributed by atoms with Crippen molar-refractivity contribution in [2.24, 2.45) is 5.41 Å². The van der Waals surface area contributed by atoms with Crippen LogP contribution in [0.5, 0.6) is 0 Å². The summed E-state index contributed by atoms with van der Waals surface area (Å²) in [6, 6.07) is 5.29. The lowest BCUT2D eigenvalue weighted by Crippen LogP contribution is -2.50. The van der Waals surface area contributed by atoms with Gasteiger partial charge in [0.1, 0.15) is 11.2 Å². The molecule has 1 amide bonds. The largest absolute Gasteiger partial charge is 0.481 e. The zero-order valence-corrected chi connectivity index (χ0v) is 12.3. The Bertz CT molecular complexity index is 536. The number of hydrogen-bond donors (Lipinski definition) is 2. The average molecular weight is 313 g/mol. The number of amides is 1. The summed E-state index contributed by atoms with van der Waals surface area (Å²) in [7, 11) is 0. The van der Waals surface area contributed by atoms with Crippen LogP contribution >= 0.6 is 11.8 Å². The van der Waals surface area contributed by atoms with Crippen molar-refractivity contribution < 1.29 is 23.8 Å². The molecule has 1 saturated heterocycles. The van der Waals surface area contributed by atoms with Crippen LogP contribution in [-0.2, 0) is 14.3 Å². The fourth-order valence-corrected chi connectivity index (χ4v) is 2.71. The molecule has 1 aliphatic rings. The first-order valence-corrected chi connectivity index (χ1v) is 7.39. The number of thioether (sulfide) groups is 1. The number of nitrogens with one attached hydrogen (secondary N) is 1. The van der Waals surface area contributed by atoms with E-state index in [0.717, 1.165) is 4.90 Å². The molecule has 1 aromatic rings. The second-order valence-corrected chi connectivity index (χ2v) is 6.15. The fourth-order valence-electron chi connectivity index (χ4n) is 2.00. The number of rotatable bonds is 5. The average Bonchev–Trinajstić information content (AvgIpc) is 2.81. The van der Waals surface area contributed by atoms with Crippen LogP contribution in [0, 0.1) is 11.2 Å². The zero-order valence-electron chi connectivity index (χ0n) is 11.5. The molecule has 1 aliphatic heterocycles. The van der Waals surface area contributed by atoms with Gasteiger partial charge in [-0.05, 0) is 31.2 Å². The van der Waals surface area contributed by atoms with Crippen LogP contribution in [0.1, 0.15) is 6.92 Å². The Hall–Kier alpha value is -1.60. The maximum absolute atomic E-state index is 12.8. The van der Waals surface area contributed by atoms with Gasteiger partial charge in [0.2, 0.25) is 5.91 Å². The minimum absolute atomic E-state index is 0.0817. The number of ether oxygens (including phenoxy) is 1. The van der Waals surface area contributed by atoms with Crippen molar-refractivity contribution in [1.29, 1.82) is 0 Å². The minimum Gasteiger partial charge on any atom is -0.481 e. The molecule has 0 radical (unpaired) electrons. The Morgan fingerprint density at radius 3 is 2.76 bits per heavy atom. The summed E-state index contributed by atoms with van der Waals surface area (Å²) in [5.41, 5.74) is -1.10. The number of hydrogen-bond acceptors (Lipinski definition) is 4. The van der Waals surface area contributed by atoms with Crippen LogP contribution < -0.4 is 5.32 Å². The molecule has 0 aliphatic carbocycles. The number of carbonyl (C=O) groups is 2. The van der Waals surface area contributed by atoms with Crippen molar-refractivity contribution in [2.75, 3.05) is 19.0 Å². The predicted octanol–water partition coefficient (Wildman–Crippen LogP) is 1.52. The van der Waals surface area contributed by atoms with Crippen LogP contribution in [0.2, 0.25) is 0 Å². The molecule has 7 heteroatoms. The summed E-state index contributed by atoms with van der Waals surface area (Å²) >= 11 is 1.26. The normalized spacial score (nSPS) is 24.8. The highest BCUT2D eigenvalue weighted by Gasteiger charge is 2.47. The number of halogens is 1. The Labute approximate surface area is 125 Å². The highest BCUT2D eigenvalue weighted by Crippen LogP contribution is 2.29. The van der Waals surface area contributed by atoms with E-state index in [1.807, 2.05) is 0 Å². The smallest absolute Gasteiger partial charge is 0.313 e. The molecule has 5 nitrogen and oxygen atoms in total. The van der Waals surface area contributed by atoms with Crippen molar-refractivity contribution in [3.63, 3.8) is 0 Å². The van der Waals surface area contributed by atoms with Crippen LogP contribution in [0.3, 0.4) is 0 Å². The molecule has 2 atom stereocenters. The Morgan fingerprint density at radius 1 is 1.48 bits per heavy atom. The number of carboxylic acids is 1. The van der Waals surface area contributed by atoms with Crippen LogP contribution in [0.15, 0.2) is 29.2 Å². The quantitative estimate of drug-likeness (QED) is 0.806. The molecule has 0 bridgehead atoms. The molecule has 1 aromatic carbocycles. The van der Waals surface area contributed by atoms with Crippen molar-refractivity contribution in [3.05, 3.63) is 30.1 Å². The van der Waals surface area contributed by atoms with E-state index in [-0.39, 0.29) is 30.7 Å². The molecular formula is C14H16FNO4S. The molecule has 0 spiro atoms. The standard InChI is InChI=1S/C14H16FNO4S/c1-14(13(18)19)8-20-6-11(14)16-12(17)7-21-10-4-2-9(15)3-5-10/h2-5,11H,6-8H2,1H3,(H,16,17)(H,18,19). The van der Waals surface area contributed by atoms with Gasteiger partial charge in [0.05, 0.1) is 25.0 Å². The number of carbonyl (C=O) groups excluding carboxylic acids is 1. The van der Waals surface area contributed by atoms with Crippen molar-refractivity contribution in [1.82, 2.24) is 5.32 Å². The fraction of sp³-hybridized carbons (Fsp3) is 0.429. The molecule has 1 heterocycles. The van der Waals surface area contributed by atoms with Crippen molar-refractivity contribution >= 4 is 23.6 Å². The van der Waals surface area contributed by atoms with Crippen LogP contribution in [-0.4, -0.2) is 42.0 Å². The second kappa shape index (κ2) is 6.44. The maximum Gasteiger partial charge on any atom is 0.313 e. The molecule has 21 heavy (non-hydrogen) atoms. The number of benzene rings is 1. The summed E-state index contributed by atoms with van der Waals surface area (Å²) in [6.07, 6.45) is 0. The monoisotopic (exact) mass is 313 g/mol. The molecule has 2 unspecified atom stereocenters. The first-order valence-electron chi connectivity index (χ1n) is 6.41. The summed E-state index contributed by atoms with van der Waals surface area (Å²) in [5, 5.41) is 11.9. The van der Waals surface area contributed by atoms with Gasteiger partial charge < -0.3 is 15.2 Å². The summed E-state index contributed by atoms with van der Waals surface area (Å²) in [6.45, 7) is 1.83. The van der Waals surface area contributed by atoms with E-state index in [1.54, 1.807) is 19.1 Å². The molecule has 2 N–H and O–H groups in total. The topological polar surface area (TPSA) is 75.6 Å². The van der Waals surface area contributed by atoms with E-state index < -0.39 is 17.4 Å². The van der Waals surface area contributed by atoms with E-state index in [9.17, 15) is 19.1 Å². The summed E-state index contributed by atoms with van der Waals surface area (Å²) in [5.74, 6) is -1.45. The van der Waals surface area contributed by atoms with Crippen molar-refractivity contribution in [2.45, 2.75) is 17.9 Å². The molecule has 0 saturated carbocycles. The van der Waals surface area contributed by atoms with Gasteiger partial charge in [-0.2, -0.15) is 0 Å². The first-order chi connectivity index (χ1) is 9.91. The van der Waals surface area contributed by atoms with E-state index in [4.69, 9.17) is 4.74 Å². The summed E-state index contributed by atoms with van der Waals surface area (Å²) in [4.78, 5) is 23.9. The van der Waals surface area contributed by atoms with Gasteiger partial charge in [-0.25, -0.2) is 4.39 Å². The van der Waals surface area contributed by atoms with Crippen LogP contribution in [0.4, 0.5) is 4.39 Å². The molecule has 1 fully saturated rings. The highest BCUT2D eigenvalue weighted by molar-refractivity contribution is 8.00. The highest BCUT2D eigenvalue weighted by atomic mass is 32.2. The van der Waals surface area contributed by atoms with E-state index in [1.165, 1.54) is 23.9 Å². The lowest BCUT2D eigenvalue weighted by molar-refractivity contribution is -0.148.